The van der Waals surface area contributed by atoms with Crippen molar-refractivity contribution in [1.82, 2.24) is 5.32 Å². The lowest BCUT2D eigenvalue weighted by molar-refractivity contribution is 0.0166. The summed E-state index contributed by atoms with van der Waals surface area (Å²) in [7, 11) is 1.71. The molecule has 20 heavy (non-hydrogen) atoms. The fourth-order valence-electron chi connectivity index (χ4n) is 2.36. The van der Waals surface area contributed by atoms with Gasteiger partial charge in [-0.1, -0.05) is 18.2 Å². The van der Waals surface area contributed by atoms with Crippen LogP contribution in [0.5, 0.6) is 5.75 Å². The van der Waals surface area contributed by atoms with Crippen molar-refractivity contribution in [2.75, 3.05) is 33.5 Å². The van der Waals surface area contributed by atoms with Crippen molar-refractivity contribution in [2.24, 2.45) is 0 Å². The van der Waals surface area contributed by atoms with Gasteiger partial charge in [0.2, 0.25) is 0 Å². The summed E-state index contributed by atoms with van der Waals surface area (Å²) >= 11 is 0. The first-order valence-corrected chi connectivity index (χ1v) is 7.42. The van der Waals surface area contributed by atoms with Crippen LogP contribution in [-0.4, -0.2) is 39.6 Å². The minimum atomic E-state index is 0.330. The summed E-state index contributed by atoms with van der Waals surface area (Å²) < 4.78 is 16.5. The van der Waals surface area contributed by atoms with Gasteiger partial charge in [0.1, 0.15) is 5.75 Å². The van der Waals surface area contributed by atoms with Crippen LogP contribution in [0, 0.1) is 0 Å². The van der Waals surface area contributed by atoms with Gasteiger partial charge in [0.05, 0.1) is 19.8 Å². The Hall–Kier alpha value is -1.10. The Morgan fingerprint density at radius 2 is 2.25 bits per heavy atom. The summed E-state index contributed by atoms with van der Waals surface area (Å²) in [4.78, 5) is 0. The van der Waals surface area contributed by atoms with Crippen LogP contribution < -0.4 is 10.1 Å². The molecule has 2 rings (SSSR count). The van der Waals surface area contributed by atoms with Crippen LogP contribution >= 0.6 is 0 Å². The predicted molar refractivity (Wildman–Crippen MR) is 79.1 cm³/mol. The number of methoxy groups -OCH3 is 1. The van der Waals surface area contributed by atoms with E-state index in [-0.39, 0.29) is 0 Å². The molecule has 1 aromatic carbocycles. The second-order valence-corrected chi connectivity index (χ2v) is 5.05. The zero-order valence-corrected chi connectivity index (χ0v) is 12.3. The minimum absolute atomic E-state index is 0.330. The van der Waals surface area contributed by atoms with Gasteiger partial charge in [-0.3, -0.25) is 0 Å². The van der Waals surface area contributed by atoms with E-state index >= 15 is 0 Å². The molecule has 1 aliphatic rings. The monoisotopic (exact) mass is 279 g/mol. The average molecular weight is 279 g/mol. The zero-order chi connectivity index (χ0) is 14.0. The molecule has 1 saturated heterocycles. The molecule has 1 aromatic rings. The highest BCUT2D eigenvalue weighted by molar-refractivity contribution is 5.32. The molecular formula is C16H25NO3. The number of hydrogen-bond acceptors (Lipinski definition) is 4. The third-order valence-electron chi connectivity index (χ3n) is 3.48. The van der Waals surface area contributed by atoms with Gasteiger partial charge in [0, 0.05) is 25.3 Å². The van der Waals surface area contributed by atoms with E-state index in [1.54, 1.807) is 7.11 Å². The Labute approximate surface area is 121 Å². The van der Waals surface area contributed by atoms with Crippen LogP contribution in [-0.2, 0) is 16.0 Å². The third kappa shape index (κ3) is 5.12. The normalized spacial score (nSPS) is 18.4. The van der Waals surface area contributed by atoms with Crippen molar-refractivity contribution in [3.8, 4) is 5.75 Å². The smallest absolute Gasteiger partial charge is 0.123 e. The Balaban J connectivity index is 1.50. The van der Waals surface area contributed by atoms with Crippen LogP contribution in [0.4, 0.5) is 0 Å². The Morgan fingerprint density at radius 3 is 3.05 bits per heavy atom. The van der Waals surface area contributed by atoms with Gasteiger partial charge in [-0.25, -0.2) is 0 Å². The molecule has 0 amide bonds. The van der Waals surface area contributed by atoms with E-state index in [0.29, 0.717) is 6.10 Å². The van der Waals surface area contributed by atoms with Gasteiger partial charge >= 0.3 is 0 Å². The van der Waals surface area contributed by atoms with Gasteiger partial charge in [-0.15, -0.1) is 0 Å². The Morgan fingerprint density at radius 1 is 1.35 bits per heavy atom. The first-order valence-electron chi connectivity index (χ1n) is 7.42. The zero-order valence-electron chi connectivity index (χ0n) is 12.3. The van der Waals surface area contributed by atoms with Crippen LogP contribution in [0.25, 0.3) is 0 Å². The van der Waals surface area contributed by atoms with Gasteiger partial charge in [0.25, 0.3) is 0 Å². The van der Waals surface area contributed by atoms with Crippen LogP contribution in [0.15, 0.2) is 24.3 Å². The molecule has 1 N–H and O–H groups in total. The van der Waals surface area contributed by atoms with Gasteiger partial charge in [0.15, 0.2) is 0 Å². The van der Waals surface area contributed by atoms with Crippen molar-refractivity contribution >= 4 is 0 Å². The molecule has 0 spiro atoms. The summed E-state index contributed by atoms with van der Waals surface area (Å²) in [5.41, 5.74) is 1.19. The highest BCUT2D eigenvalue weighted by atomic mass is 16.5. The second-order valence-electron chi connectivity index (χ2n) is 5.05. The molecule has 4 nitrogen and oxygen atoms in total. The lowest BCUT2D eigenvalue weighted by atomic mass is 10.2. The number of para-hydroxylation sites is 1. The SMILES string of the molecule is COc1ccccc1CNCCCOCC1CCCO1. The fourth-order valence-corrected chi connectivity index (χ4v) is 2.36. The molecular weight excluding hydrogens is 254 g/mol. The maximum atomic E-state index is 5.63. The molecule has 0 aliphatic carbocycles. The van der Waals surface area contributed by atoms with Crippen molar-refractivity contribution < 1.29 is 14.2 Å². The van der Waals surface area contributed by atoms with E-state index in [9.17, 15) is 0 Å². The van der Waals surface area contributed by atoms with E-state index in [4.69, 9.17) is 14.2 Å². The quantitative estimate of drug-likeness (QED) is 0.705. The summed E-state index contributed by atoms with van der Waals surface area (Å²) in [5, 5.41) is 3.41. The van der Waals surface area contributed by atoms with Gasteiger partial charge in [-0.05, 0) is 31.9 Å². The Bertz CT molecular complexity index is 378. The standard InChI is InChI=1S/C16H25NO3/c1-18-16-8-3-2-6-14(16)12-17-9-5-10-19-13-15-7-4-11-20-15/h2-3,6,8,15,17H,4-5,7,9-13H2,1H3. The van der Waals surface area contributed by atoms with Crippen LogP contribution in [0.1, 0.15) is 24.8 Å². The van der Waals surface area contributed by atoms with Crippen molar-refractivity contribution in [1.29, 1.82) is 0 Å². The van der Waals surface area contributed by atoms with E-state index < -0.39 is 0 Å². The molecule has 0 saturated carbocycles. The largest absolute Gasteiger partial charge is 0.496 e. The van der Waals surface area contributed by atoms with Crippen LogP contribution in [0.3, 0.4) is 0 Å². The summed E-state index contributed by atoms with van der Waals surface area (Å²) in [6.07, 6.45) is 3.67. The van der Waals surface area contributed by atoms with E-state index in [0.717, 1.165) is 51.5 Å². The maximum Gasteiger partial charge on any atom is 0.123 e. The predicted octanol–water partition coefficient (Wildman–Crippen LogP) is 2.37. The molecule has 0 aromatic heterocycles. The van der Waals surface area contributed by atoms with Crippen molar-refractivity contribution in [3.05, 3.63) is 29.8 Å². The number of hydrogen-bond donors (Lipinski definition) is 1. The maximum absolute atomic E-state index is 5.63. The van der Waals surface area contributed by atoms with Crippen LogP contribution in [0.2, 0.25) is 0 Å². The lowest BCUT2D eigenvalue weighted by Crippen LogP contribution is -2.19. The third-order valence-corrected chi connectivity index (χ3v) is 3.48. The molecule has 4 heteroatoms. The molecule has 1 aliphatic heterocycles. The topological polar surface area (TPSA) is 39.7 Å². The molecule has 0 bridgehead atoms. The highest BCUT2D eigenvalue weighted by Gasteiger charge is 2.14. The van der Waals surface area contributed by atoms with Gasteiger partial charge < -0.3 is 19.5 Å². The Kier molecular flexibility index (Phi) is 6.84. The summed E-state index contributed by atoms with van der Waals surface area (Å²) in [6.45, 7) is 4.21. The molecule has 1 heterocycles. The molecule has 1 atom stereocenters. The van der Waals surface area contributed by atoms with E-state index in [1.807, 2.05) is 18.2 Å². The summed E-state index contributed by atoms with van der Waals surface area (Å²) in [5.74, 6) is 0.939. The van der Waals surface area contributed by atoms with Crippen molar-refractivity contribution in [2.45, 2.75) is 31.9 Å². The average Bonchev–Trinajstić information content (AvgIpc) is 3.00. The molecule has 1 unspecified atom stereocenters. The molecule has 0 radical (unpaired) electrons. The molecule has 1 fully saturated rings. The van der Waals surface area contributed by atoms with Crippen molar-refractivity contribution in [3.63, 3.8) is 0 Å². The fraction of sp³-hybridized carbons (Fsp3) is 0.625. The van der Waals surface area contributed by atoms with Gasteiger partial charge in [-0.2, -0.15) is 0 Å². The summed E-state index contributed by atoms with van der Waals surface area (Å²) in [6, 6.07) is 8.09. The highest BCUT2D eigenvalue weighted by Crippen LogP contribution is 2.16. The molecule has 112 valence electrons. The first kappa shape index (κ1) is 15.3. The first-order chi connectivity index (χ1) is 9.90. The van der Waals surface area contributed by atoms with E-state index in [2.05, 4.69) is 11.4 Å². The van der Waals surface area contributed by atoms with E-state index in [1.165, 1.54) is 12.0 Å². The number of benzene rings is 1. The number of ether oxygens (including phenoxy) is 3. The number of nitrogens with one attached hydrogen (secondary N) is 1. The second kappa shape index (κ2) is 8.95. The lowest BCUT2D eigenvalue weighted by Gasteiger charge is -2.11. The minimum Gasteiger partial charge on any atom is -0.496 e. The number of rotatable bonds is 9.